The number of nitrogens with zero attached hydrogens (tertiary/aromatic N) is 2. The molecule has 3 N–H and O–H groups in total. The van der Waals surface area contributed by atoms with Crippen molar-refractivity contribution in [2.45, 2.75) is 44.2 Å². The van der Waals surface area contributed by atoms with Gasteiger partial charge in [0, 0.05) is 23.8 Å². The van der Waals surface area contributed by atoms with Crippen LogP contribution in [0.5, 0.6) is 5.75 Å². The van der Waals surface area contributed by atoms with Gasteiger partial charge in [-0.1, -0.05) is 6.92 Å². The summed E-state index contributed by atoms with van der Waals surface area (Å²) in [4.78, 5) is 34.0. The number of aromatic nitrogens is 2. The van der Waals surface area contributed by atoms with E-state index in [2.05, 4.69) is 25.8 Å². The molecule has 3 heterocycles. The van der Waals surface area contributed by atoms with E-state index in [1.165, 1.54) is 25.4 Å². The summed E-state index contributed by atoms with van der Waals surface area (Å²) < 4.78 is 33.1. The quantitative estimate of drug-likeness (QED) is 0.427. The van der Waals surface area contributed by atoms with E-state index in [0.717, 1.165) is 12.5 Å². The van der Waals surface area contributed by atoms with Crippen molar-refractivity contribution < 1.29 is 23.1 Å². The minimum absolute atomic E-state index is 0.0622. The number of aliphatic hydroxyl groups is 1. The van der Waals surface area contributed by atoms with Crippen LogP contribution in [0.15, 0.2) is 58.4 Å². The Balaban J connectivity index is 1.82. The summed E-state index contributed by atoms with van der Waals surface area (Å²) in [7, 11) is -2.91. The molecular formula is C26H30N4O6S. The third-order valence-electron chi connectivity index (χ3n) is 7.04. The van der Waals surface area contributed by atoms with Crippen molar-refractivity contribution in [1.82, 2.24) is 14.7 Å². The summed E-state index contributed by atoms with van der Waals surface area (Å²) in [6.07, 6.45) is 2.17. The summed E-state index contributed by atoms with van der Waals surface area (Å²) in [5.41, 5.74) is 0.702. The van der Waals surface area contributed by atoms with Crippen LogP contribution in [0, 0.1) is 5.92 Å². The number of ether oxygens (including phenoxy) is 1. The number of hydrogen-bond donors (Lipinski definition) is 3. The number of carbonyl (C=O) groups excluding carboxylic acids is 1. The zero-order valence-corrected chi connectivity index (χ0v) is 21.9. The number of anilines is 1. The van der Waals surface area contributed by atoms with E-state index in [1.54, 1.807) is 24.3 Å². The smallest absolute Gasteiger partial charge is 0.269 e. The van der Waals surface area contributed by atoms with Crippen molar-refractivity contribution in [3.63, 3.8) is 0 Å². The SMILES string of the molecule is COc1cc(CO)cc(-c2ccc(C(=O)NS(=O)(=O)c3ccc[nH]c3=O)c(N3CCC(C)C3(C)C)n2)c1. The molecule has 11 heteroatoms. The Morgan fingerprint density at radius 2 is 2.03 bits per heavy atom. The van der Waals surface area contributed by atoms with Gasteiger partial charge in [0.2, 0.25) is 0 Å². The number of carbonyl (C=O) groups is 1. The molecule has 1 amide bonds. The molecule has 0 radical (unpaired) electrons. The van der Waals surface area contributed by atoms with E-state index in [0.29, 0.717) is 40.9 Å². The molecule has 0 bridgehead atoms. The van der Waals surface area contributed by atoms with Gasteiger partial charge in [0.05, 0.1) is 25.0 Å². The lowest BCUT2D eigenvalue weighted by atomic mass is 9.90. The molecule has 2 aromatic heterocycles. The molecule has 1 aliphatic rings. The highest BCUT2D eigenvalue weighted by atomic mass is 32.2. The fraction of sp³-hybridized carbons (Fsp3) is 0.346. The Morgan fingerprint density at radius 1 is 1.27 bits per heavy atom. The summed E-state index contributed by atoms with van der Waals surface area (Å²) in [6, 6.07) is 10.9. The maximum absolute atomic E-state index is 13.3. The Kier molecular flexibility index (Phi) is 7.11. The van der Waals surface area contributed by atoms with Crippen LogP contribution < -0.4 is 19.9 Å². The normalized spacial score (nSPS) is 17.0. The predicted molar refractivity (Wildman–Crippen MR) is 139 cm³/mol. The lowest BCUT2D eigenvalue weighted by Crippen LogP contribution is -2.44. The van der Waals surface area contributed by atoms with Gasteiger partial charge in [0.25, 0.3) is 21.5 Å². The number of aromatic amines is 1. The maximum atomic E-state index is 13.3. The Bertz CT molecular complexity index is 1480. The van der Waals surface area contributed by atoms with Crippen LogP contribution in [0.3, 0.4) is 0 Å². The monoisotopic (exact) mass is 526 g/mol. The number of amides is 1. The number of methoxy groups -OCH3 is 1. The third-order valence-corrected chi connectivity index (χ3v) is 8.40. The highest BCUT2D eigenvalue weighted by Crippen LogP contribution is 2.39. The summed E-state index contributed by atoms with van der Waals surface area (Å²) in [5.74, 6) is 0.267. The van der Waals surface area contributed by atoms with Crippen molar-refractivity contribution in [2.75, 3.05) is 18.6 Å². The van der Waals surface area contributed by atoms with Crippen molar-refractivity contribution in [1.29, 1.82) is 0 Å². The molecule has 3 aromatic rings. The van der Waals surface area contributed by atoms with Crippen LogP contribution >= 0.6 is 0 Å². The highest BCUT2D eigenvalue weighted by molar-refractivity contribution is 7.90. The van der Waals surface area contributed by atoms with Gasteiger partial charge in [-0.15, -0.1) is 0 Å². The first-order valence-electron chi connectivity index (χ1n) is 11.8. The largest absolute Gasteiger partial charge is 0.497 e. The predicted octanol–water partition coefficient (Wildman–Crippen LogP) is 2.68. The van der Waals surface area contributed by atoms with Crippen LogP contribution in [-0.2, 0) is 16.6 Å². The minimum atomic E-state index is -4.43. The van der Waals surface area contributed by atoms with Crippen molar-refractivity contribution in [3.8, 4) is 17.0 Å². The van der Waals surface area contributed by atoms with Gasteiger partial charge in [-0.05, 0) is 74.2 Å². The summed E-state index contributed by atoms with van der Waals surface area (Å²) in [6.45, 7) is 6.65. The molecule has 0 saturated carbocycles. The molecule has 0 spiro atoms. The molecule has 1 atom stereocenters. The van der Waals surface area contributed by atoms with E-state index >= 15 is 0 Å². The number of hydrogen-bond acceptors (Lipinski definition) is 8. The summed E-state index contributed by atoms with van der Waals surface area (Å²) >= 11 is 0. The maximum Gasteiger partial charge on any atom is 0.269 e. The number of benzene rings is 1. The second-order valence-corrected chi connectivity index (χ2v) is 11.2. The van der Waals surface area contributed by atoms with Gasteiger partial charge in [0.15, 0.2) is 4.90 Å². The zero-order chi connectivity index (χ0) is 27.0. The molecule has 1 fully saturated rings. The Morgan fingerprint density at radius 3 is 2.65 bits per heavy atom. The Hall–Kier alpha value is -3.70. The molecule has 1 saturated heterocycles. The molecule has 37 heavy (non-hydrogen) atoms. The first kappa shape index (κ1) is 26.4. The number of aliphatic hydroxyl groups excluding tert-OH is 1. The lowest BCUT2D eigenvalue weighted by molar-refractivity contribution is 0.0981. The fourth-order valence-corrected chi connectivity index (χ4v) is 5.49. The third kappa shape index (κ3) is 5.09. The van der Waals surface area contributed by atoms with Gasteiger partial charge < -0.3 is 19.7 Å². The van der Waals surface area contributed by atoms with E-state index in [-0.39, 0.29) is 17.7 Å². The number of H-pyrrole nitrogens is 1. The van der Waals surface area contributed by atoms with Crippen molar-refractivity contribution >= 4 is 21.7 Å². The van der Waals surface area contributed by atoms with Crippen LogP contribution in [0.25, 0.3) is 11.3 Å². The van der Waals surface area contributed by atoms with Gasteiger partial charge in [-0.3, -0.25) is 9.59 Å². The molecule has 1 aliphatic heterocycles. The van der Waals surface area contributed by atoms with Gasteiger partial charge in [-0.2, -0.15) is 0 Å². The molecule has 1 unspecified atom stereocenters. The van der Waals surface area contributed by atoms with E-state index in [1.807, 2.05) is 9.62 Å². The second kappa shape index (κ2) is 9.98. The number of sulfonamides is 1. The van der Waals surface area contributed by atoms with Gasteiger partial charge in [-0.25, -0.2) is 18.1 Å². The number of pyridine rings is 2. The summed E-state index contributed by atoms with van der Waals surface area (Å²) in [5, 5.41) is 9.67. The standard InChI is InChI=1S/C26H30N4O6S/c1-16-9-11-30(26(16,2)3)23-20(24(32)29-37(34,35)22-6-5-10-27-25(22)33)7-8-21(28-23)18-12-17(15-31)13-19(14-18)36-4/h5-8,10,12-14,16,31H,9,11,15H2,1-4H3,(H,27,33)(H,29,32). The first-order chi connectivity index (χ1) is 17.5. The highest BCUT2D eigenvalue weighted by Gasteiger charge is 2.41. The molecule has 10 nitrogen and oxygen atoms in total. The average Bonchev–Trinajstić information content (AvgIpc) is 3.14. The fourth-order valence-electron chi connectivity index (χ4n) is 4.47. The van der Waals surface area contributed by atoms with E-state index in [4.69, 9.17) is 9.72 Å². The van der Waals surface area contributed by atoms with E-state index < -0.39 is 26.4 Å². The van der Waals surface area contributed by atoms with Gasteiger partial charge >= 0.3 is 0 Å². The number of nitrogens with one attached hydrogen (secondary N) is 2. The molecule has 1 aromatic carbocycles. The van der Waals surface area contributed by atoms with Crippen LogP contribution in [0.1, 0.15) is 43.1 Å². The number of rotatable bonds is 7. The molecule has 0 aliphatic carbocycles. The topological polar surface area (TPSA) is 142 Å². The van der Waals surface area contributed by atoms with Crippen LogP contribution in [0.4, 0.5) is 5.82 Å². The molecule has 196 valence electrons. The second-order valence-electron chi connectivity index (χ2n) is 9.59. The molecule has 4 rings (SSSR count). The van der Waals surface area contributed by atoms with E-state index in [9.17, 15) is 23.1 Å². The molecular weight excluding hydrogens is 496 g/mol. The van der Waals surface area contributed by atoms with Crippen molar-refractivity contribution in [3.05, 3.63) is 70.1 Å². The zero-order valence-electron chi connectivity index (χ0n) is 21.1. The lowest BCUT2D eigenvalue weighted by Gasteiger charge is -2.36. The average molecular weight is 527 g/mol. The minimum Gasteiger partial charge on any atom is -0.497 e. The van der Waals surface area contributed by atoms with Crippen LogP contribution in [0.2, 0.25) is 0 Å². The Labute approximate surface area is 215 Å². The van der Waals surface area contributed by atoms with Crippen LogP contribution in [-0.4, -0.2) is 48.6 Å². The van der Waals surface area contributed by atoms with Gasteiger partial charge in [0.1, 0.15) is 11.6 Å². The first-order valence-corrected chi connectivity index (χ1v) is 13.3. The van der Waals surface area contributed by atoms with Crippen molar-refractivity contribution in [2.24, 2.45) is 5.92 Å².